The quantitative estimate of drug-likeness (QED) is 0.359. The van der Waals surface area contributed by atoms with Crippen molar-refractivity contribution in [1.29, 1.82) is 0 Å². The second-order valence-corrected chi connectivity index (χ2v) is 1.56. The largest absolute Gasteiger partial charge is 1.00 e. The number of benzene rings is 1. The van der Waals surface area contributed by atoms with Gasteiger partial charge in [0.15, 0.2) is 0 Å². The normalized spacial score (nSPS) is 8.00. The van der Waals surface area contributed by atoms with Crippen molar-refractivity contribution in [2.75, 3.05) is 0 Å². The summed E-state index contributed by atoms with van der Waals surface area (Å²) in [7, 11) is 0. The van der Waals surface area contributed by atoms with Gasteiger partial charge < -0.3 is 5.11 Å². The predicted molar refractivity (Wildman–Crippen MR) is 31.3 cm³/mol. The van der Waals surface area contributed by atoms with Crippen LogP contribution in [-0.4, -0.2) is 0 Å². The summed E-state index contributed by atoms with van der Waals surface area (Å²) in [4.78, 5) is 9.78. The van der Waals surface area contributed by atoms with E-state index in [1.165, 1.54) is 12.1 Å². The van der Waals surface area contributed by atoms with E-state index in [9.17, 15) is 10.0 Å². The molecule has 0 N–H and O–H groups in total. The van der Waals surface area contributed by atoms with Crippen molar-refractivity contribution >= 4 is 5.69 Å². The Morgan fingerprint density at radius 2 is 1.90 bits per heavy atom. The van der Waals surface area contributed by atoms with Gasteiger partial charge in [-0.25, -0.2) is 0 Å². The van der Waals surface area contributed by atoms with Crippen LogP contribution >= 0.6 is 0 Å². The van der Waals surface area contributed by atoms with E-state index in [1.807, 2.05) is 0 Å². The molecular formula is C6H4KNO2. The van der Waals surface area contributed by atoms with E-state index >= 15 is 0 Å². The van der Waals surface area contributed by atoms with Gasteiger partial charge in [0.25, 0.3) is 0 Å². The van der Waals surface area contributed by atoms with Crippen molar-refractivity contribution in [1.82, 2.24) is 0 Å². The maximum absolute atomic E-state index is 10.6. The van der Waals surface area contributed by atoms with E-state index in [-0.39, 0.29) is 62.8 Å². The fourth-order valence-electron chi connectivity index (χ4n) is 0.533. The van der Waals surface area contributed by atoms with E-state index < -0.39 is 0 Å². The molecule has 3 nitrogen and oxygen atoms in total. The second-order valence-electron chi connectivity index (χ2n) is 1.56. The SMILES string of the molecule is O=Nc1ccccc1[O-].[K+]. The Morgan fingerprint density at radius 1 is 1.30 bits per heavy atom. The molecule has 0 fully saturated rings. The molecule has 0 saturated heterocycles. The van der Waals surface area contributed by atoms with Crippen molar-refractivity contribution in [3.05, 3.63) is 29.2 Å². The Kier molecular flexibility index (Phi) is 5.11. The van der Waals surface area contributed by atoms with Crippen LogP contribution < -0.4 is 56.5 Å². The summed E-state index contributed by atoms with van der Waals surface area (Å²) < 4.78 is 0. The van der Waals surface area contributed by atoms with Crippen LogP contribution in [0.4, 0.5) is 5.69 Å². The summed E-state index contributed by atoms with van der Waals surface area (Å²) >= 11 is 0. The van der Waals surface area contributed by atoms with Crippen molar-refractivity contribution in [3.8, 4) is 5.75 Å². The molecule has 1 rings (SSSR count). The molecule has 0 aromatic heterocycles. The first-order chi connectivity index (χ1) is 4.34. The molecule has 0 aliphatic rings. The average Bonchev–Trinajstić information content (AvgIpc) is 1.89. The van der Waals surface area contributed by atoms with E-state index in [1.54, 1.807) is 12.1 Å². The van der Waals surface area contributed by atoms with E-state index in [0.717, 1.165) is 0 Å². The molecule has 0 saturated carbocycles. The zero-order valence-electron chi connectivity index (χ0n) is 5.57. The molecular weight excluding hydrogens is 157 g/mol. The smallest absolute Gasteiger partial charge is 0.871 e. The number of para-hydroxylation sites is 1. The number of nitrogens with zero attached hydrogens (tertiary/aromatic N) is 1. The molecule has 0 amide bonds. The van der Waals surface area contributed by atoms with Crippen LogP contribution in [0.25, 0.3) is 0 Å². The Hall–Kier alpha value is 0.256. The molecule has 0 heterocycles. The molecule has 0 unspecified atom stereocenters. The zero-order chi connectivity index (χ0) is 6.69. The van der Waals surface area contributed by atoms with Crippen LogP contribution in [0.3, 0.4) is 0 Å². The standard InChI is InChI=1S/C6H5NO2.K/c8-6-4-2-1-3-5(6)7-9;/h1-4,8H;/q;+1/p-1. The molecule has 46 valence electrons. The third kappa shape index (κ3) is 2.47. The summed E-state index contributed by atoms with van der Waals surface area (Å²) in [6.07, 6.45) is 0. The van der Waals surface area contributed by atoms with Gasteiger partial charge in [0.2, 0.25) is 0 Å². The van der Waals surface area contributed by atoms with Crippen LogP contribution in [0.2, 0.25) is 0 Å². The Morgan fingerprint density at radius 3 is 2.30 bits per heavy atom. The van der Waals surface area contributed by atoms with Crippen molar-refractivity contribution in [2.45, 2.75) is 0 Å². The van der Waals surface area contributed by atoms with Crippen LogP contribution in [0, 0.1) is 4.91 Å². The molecule has 10 heavy (non-hydrogen) atoms. The van der Waals surface area contributed by atoms with Crippen molar-refractivity contribution in [2.24, 2.45) is 5.18 Å². The number of nitroso groups, excluding NO2 is 1. The van der Waals surface area contributed by atoms with Gasteiger partial charge in [0, 0.05) is 0 Å². The van der Waals surface area contributed by atoms with Gasteiger partial charge in [-0.15, -0.1) is 4.91 Å². The van der Waals surface area contributed by atoms with Gasteiger partial charge in [-0.3, -0.25) is 0 Å². The van der Waals surface area contributed by atoms with Gasteiger partial charge >= 0.3 is 51.4 Å². The van der Waals surface area contributed by atoms with E-state index in [0.29, 0.717) is 0 Å². The number of hydrogen-bond acceptors (Lipinski definition) is 3. The minimum Gasteiger partial charge on any atom is -0.871 e. The molecule has 0 aliphatic heterocycles. The molecule has 0 radical (unpaired) electrons. The summed E-state index contributed by atoms with van der Waals surface area (Å²) in [5.41, 5.74) is -0.0301. The van der Waals surface area contributed by atoms with Crippen LogP contribution in [0.1, 0.15) is 0 Å². The third-order valence-electron chi connectivity index (χ3n) is 0.964. The van der Waals surface area contributed by atoms with Crippen molar-refractivity contribution in [3.63, 3.8) is 0 Å². The van der Waals surface area contributed by atoms with Crippen LogP contribution in [-0.2, 0) is 0 Å². The molecule has 4 heteroatoms. The maximum atomic E-state index is 10.6. The van der Waals surface area contributed by atoms with Gasteiger partial charge in [-0.1, -0.05) is 23.9 Å². The Balaban J connectivity index is 0.000000810. The average molecular weight is 161 g/mol. The summed E-state index contributed by atoms with van der Waals surface area (Å²) in [6.45, 7) is 0. The topological polar surface area (TPSA) is 52.5 Å². The van der Waals surface area contributed by atoms with E-state index in [4.69, 9.17) is 0 Å². The Labute approximate surface area is 101 Å². The first-order valence-electron chi connectivity index (χ1n) is 2.44. The summed E-state index contributed by atoms with van der Waals surface area (Å²) in [6, 6.07) is 5.85. The van der Waals surface area contributed by atoms with Crippen LogP contribution in [0.5, 0.6) is 5.75 Å². The number of rotatable bonds is 1. The minimum absolute atomic E-state index is 0. The monoisotopic (exact) mass is 161 g/mol. The fourth-order valence-corrected chi connectivity index (χ4v) is 0.533. The van der Waals surface area contributed by atoms with E-state index in [2.05, 4.69) is 5.18 Å². The van der Waals surface area contributed by atoms with Gasteiger partial charge in [0.1, 0.15) is 0 Å². The maximum Gasteiger partial charge on any atom is 1.00 e. The van der Waals surface area contributed by atoms with Gasteiger partial charge in [-0.2, -0.15) is 0 Å². The molecule has 0 aliphatic carbocycles. The molecule has 0 atom stereocenters. The van der Waals surface area contributed by atoms with Crippen LogP contribution in [0.15, 0.2) is 29.4 Å². The van der Waals surface area contributed by atoms with Crippen molar-refractivity contribution < 1.29 is 56.5 Å². The molecule has 1 aromatic carbocycles. The zero-order valence-corrected chi connectivity index (χ0v) is 8.70. The second kappa shape index (κ2) is 4.98. The molecule has 1 aromatic rings. The fraction of sp³-hybridized carbons (Fsp3) is 0. The predicted octanol–water partition coefficient (Wildman–Crippen LogP) is -1.84. The first kappa shape index (κ1) is 10.3. The molecule has 0 spiro atoms. The third-order valence-corrected chi connectivity index (χ3v) is 0.964. The Bertz CT molecular complexity index is 227. The van der Waals surface area contributed by atoms with Gasteiger partial charge in [0.05, 0.1) is 5.69 Å². The number of hydrogen-bond donors (Lipinski definition) is 0. The first-order valence-corrected chi connectivity index (χ1v) is 2.44. The van der Waals surface area contributed by atoms with Gasteiger partial charge in [-0.05, 0) is 11.2 Å². The summed E-state index contributed by atoms with van der Waals surface area (Å²) in [5.74, 6) is -0.326. The minimum atomic E-state index is -0.326. The summed E-state index contributed by atoms with van der Waals surface area (Å²) in [5, 5.41) is 13.1. The molecule has 0 bridgehead atoms.